The maximum absolute atomic E-state index is 11.8. The van der Waals surface area contributed by atoms with E-state index in [1.165, 1.54) is 0 Å². The molecule has 0 aromatic heterocycles. The van der Waals surface area contributed by atoms with Gasteiger partial charge in [-0.2, -0.15) is 0 Å². The lowest BCUT2D eigenvalue weighted by atomic mass is 10.2. The molecule has 2 N–H and O–H groups in total. The van der Waals surface area contributed by atoms with Crippen molar-refractivity contribution >= 4 is 30.0 Å². The van der Waals surface area contributed by atoms with Gasteiger partial charge < -0.3 is 15.4 Å². The number of carbonyl (C=O) groups is 2. The molecule has 124 valence electrons. The highest BCUT2D eigenvalue weighted by Gasteiger charge is 2.07. The van der Waals surface area contributed by atoms with Crippen molar-refractivity contribution in [3.63, 3.8) is 0 Å². The Balaban J connectivity index is 0.00000441. The second-order valence-electron chi connectivity index (χ2n) is 4.75. The van der Waals surface area contributed by atoms with Crippen molar-refractivity contribution in [3.05, 3.63) is 29.8 Å². The van der Waals surface area contributed by atoms with Crippen LogP contribution in [0.15, 0.2) is 24.3 Å². The number of esters is 1. The predicted octanol–water partition coefficient (Wildman–Crippen LogP) is 3.00. The number of benzene rings is 1. The maximum Gasteiger partial charge on any atom is 0.338 e. The molecule has 0 aliphatic heterocycles. The molecular formula is C16H25ClN2O3. The van der Waals surface area contributed by atoms with Gasteiger partial charge in [0.2, 0.25) is 5.91 Å². The minimum atomic E-state index is -0.323. The molecule has 0 radical (unpaired) electrons. The average Bonchev–Trinajstić information content (AvgIpc) is 2.50. The van der Waals surface area contributed by atoms with Gasteiger partial charge in [-0.3, -0.25) is 4.79 Å². The van der Waals surface area contributed by atoms with Gasteiger partial charge in [0.15, 0.2) is 0 Å². The van der Waals surface area contributed by atoms with E-state index < -0.39 is 0 Å². The highest BCUT2D eigenvalue weighted by molar-refractivity contribution is 5.93. The molecule has 0 heterocycles. The number of nitrogens with one attached hydrogen (secondary N) is 2. The number of carbonyl (C=O) groups excluding carboxylic acids is 2. The standard InChI is InChI=1S/C16H24N2O3.ClH/c1-3-5-6-11-21-16(20)13-7-9-14(10-8-13)18-15(19)12-17-4-2;/h7-10,17H,3-6,11-12H2,1-2H3,(H,18,19);1H. The Labute approximate surface area is 138 Å². The molecule has 1 aromatic carbocycles. The summed E-state index contributed by atoms with van der Waals surface area (Å²) in [6, 6.07) is 6.72. The normalized spacial score (nSPS) is 9.73. The van der Waals surface area contributed by atoms with E-state index in [2.05, 4.69) is 17.6 Å². The lowest BCUT2D eigenvalue weighted by Gasteiger charge is -2.07. The first-order valence-corrected chi connectivity index (χ1v) is 7.45. The highest BCUT2D eigenvalue weighted by atomic mass is 35.5. The third kappa shape index (κ3) is 8.00. The summed E-state index contributed by atoms with van der Waals surface area (Å²) >= 11 is 0. The summed E-state index contributed by atoms with van der Waals surface area (Å²) in [6.45, 7) is 5.51. The molecule has 0 spiro atoms. The van der Waals surface area contributed by atoms with Gasteiger partial charge in [-0.05, 0) is 37.2 Å². The number of rotatable bonds is 9. The third-order valence-electron chi connectivity index (χ3n) is 2.92. The van der Waals surface area contributed by atoms with Crippen molar-refractivity contribution in [2.75, 3.05) is 25.0 Å². The first-order valence-electron chi connectivity index (χ1n) is 7.45. The molecule has 0 unspecified atom stereocenters. The number of anilines is 1. The minimum Gasteiger partial charge on any atom is -0.462 e. The molecule has 0 bridgehead atoms. The summed E-state index contributed by atoms with van der Waals surface area (Å²) in [7, 11) is 0. The van der Waals surface area contributed by atoms with Gasteiger partial charge in [-0.25, -0.2) is 4.79 Å². The van der Waals surface area contributed by atoms with Crippen LogP contribution in [-0.2, 0) is 9.53 Å². The van der Waals surface area contributed by atoms with Gasteiger partial charge in [-0.1, -0.05) is 26.7 Å². The molecule has 0 saturated heterocycles. The molecule has 22 heavy (non-hydrogen) atoms. The molecule has 0 aliphatic rings. The van der Waals surface area contributed by atoms with Crippen molar-refractivity contribution in [3.8, 4) is 0 Å². The second-order valence-corrected chi connectivity index (χ2v) is 4.75. The molecule has 0 atom stereocenters. The Morgan fingerprint density at radius 2 is 1.77 bits per heavy atom. The first-order chi connectivity index (χ1) is 10.2. The van der Waals surface area contributed by atoms with Gasteiger partial charge >= 0.3 is 5.97 Å². The topological polar surface area (TPSA) is 67.4 Å². The largest absolute Gasteiger partial charge is 0.462 e. The van der Waals surface area contributed by atoms with Crippen molar-refractivity contribution < 1.29 is 14.3 Å². The van der Waals surface area contributed by atoms with Crippen LogP contribution in [0.2, 0.25) is 0 Å². The van der Waals surface area contributed by atoms with Gasteiger partial charge in [0.1, 0.15) is 0 Å². The zero-order valence-corrected chi connectivity index (χ0v) is 14.0. The summed E-state index contributed by atoms with van der Waals surface area (Å²) in [5.41, 5.74) is 1.16. The number of hydrogen-bond acceptors (Lipinski definition) is 4. The average molecular weight is 329 g/mol. The Bertz CT molecular complexity index is 449. The zero-order valence-electron chi connectivity index (χ0n) is 13.2. The summed E-state index contributed by atoms with van der Waals surface area (Å²) < 4.78 is 5.17. The van der Waals surface area contributed by atoms with Gasteiger partial charge in [0.05, 0.1) is 18.7 Å². The summed E-state index contributed by atoms with van der Waals surface area (Å²) in [6.07, 6.45) is 3.05. The number of ether oxygens (including phenoxy) is 1. The van der Waals surface area contributed by atoms with E-state index in [-0.39, 0.29) is 30.8 Å². The van der Waals surface area contributed by atoms with Crippen LogP contribution in [0.25, 0.3) is 0 Å². The Kier molecular flexibility index (Phi) is 11.1. The molecule has 0 aliphatic carbocycles. The molecule has 0 saturated carbocycles. The van der Waals surface area contributed by atoms with E-state index in [4.69, 9.17) is 4.74 Å². The Morgan fingerprint density at radius 3 is 2.36 bits per heavy atom. The molecule has 1 aromatic rings. The lowest BCUT2D eigenvalue weighted by molar-refractivity contribution is -0.115. The van der Waals surface area contributed by atoms with E-state index in [0.29, 0.717) is 17.9 Å². The van der Waals surface area contributed by atoms with Crippen molar-refractivity contribution in [1.29, 1.82) is 0 Å². The summed E-state index contributed by atoms with van der Waals surface area (Å²) in [5, 5.41) is 5.69. The summed E-state index contributed by atoms with van der Waals surface area (Å²) in [5.74, 6) is -0.427. The van der Waals surface area contributed by atoms with Crippen LogP contribution in [0.3, 0.4) is 0 Å². The monoisotopic (exact) mass is 328 g/mol. The van der Waals surface area contributed by atoms with Gasteiger partial charge in [0, 0.05) is 5.69 Å². The van der Waals surface area contributed by atoms with Crippen LogP contribution in [-0.4, -0.2) is 31.6 Å². The SMILES string of the molecule is CCCCCOC(=O)c1ccc(NC(=O)CNCC)cc1.Cl. The number of halogens is 1. The van der Waals surface area contributed by atoms with Gasteiger partial charge in [-0.15, -0.1) is 12.4 Å². The molecule has 6 heteroatoms. The fraction of sp³-hybridized carbons (Fsp3) is 0.500. The van der Waals surface area contributed by atoms with E-state index >= 15 is 0 Å². The van der Waals surface area contributed by atoms with E-state index in [1.807, 2.05) is 6.92 Å². The number of likely N-dealkylation sites (N-methyl/N-ethyl adjacent to an activating group) is 1. The zero-order chi connectivity index (χ0) is 15.5. The van der Waals surface area contributed by atoms with E-state index in [0.717, 1.165) is 25.8 Å². The molecule has 5 nitrogen and oxygen atoms in total. The van der Waals surface area contributed by atoms with Crippen LogP contribution in [0.1, 0.15) is 43.5 Å². The maximum atomic E-state index is 11.8. The molecule has 1 amide bonds. The number of amides is 1. The van der Waals surface area contributed by atoms with Crippen molar-refractivity contribution in [1.82, 2.24) is 5.32 Å². The minimum absolute atomic E-state index is 0. The van der Waals surface area contributed by atoms with Crippen LogP contribution < -0.4 is 10.6 Å². The highest BCUT2D eigenvalue weighted by Crippen LogP contribution is 2.10. The predicted molar refractivity (Wildman–Crippen MR) is 90.7 cm³/mol. The lowest BCUT2D eigenvalue weighted by Crippen LogP contribution is -2.27. The fourth-order valence-corrected chi connectivity index (χ4v) is 1.73. The van der Waals surface area contributed by atoms with Crippen LogP contribution in [0.5, 0.6) is 0 Å². The van der Waals surface area contributed by atoms with Crippen LogP contribution in [0.4, 0.5) is 5.69 Å². The van der Waals surface area contributed by atoms with Crippen LogP contribution >= 0.6 is 12.4 Å². The Hall–Kier alpha value is -1.59. The fourth-order valence-electron chi connectivity index (χ4n) is 1.73. The molecule has 1 rings (SSSR count). The third-order valence-corrected chi connectivity index (χ3v) is 2.92. The quantitative estimate of drug-likeness (QED) is 0.540. The first kappa shape index (κ1) is 20.4. The van der Waals surface area contributed by atoms with Crippen molar-refractivity contribution in [2.24, 2.45) is 0 Å². The van der Waals surface area contributed by atoms with E-state index in [1.54, 1.807) is 24.3 Å². The summed E-state index contributed by atoms with van der Waals surface area (Å²) in [4.78, 5) is 23.3. The van der Waals surface area contributed by atoms with E-state index in [9.17, 15) is 9.59 Å². The second kappa shape index (κ2) is 12.0. The number of unbranched alkanes of at least 4 members (excludes halogenated alkanes) is 2. The molecule has 0 fully saturated rings. The molecular weight excluding hydrogens is 304 g/mol. The van der Waals surface area contributed by atoms with Gasteiger partial charge in [0.25, 0.3) is 0 Å². The van der Waals surface area contributed by atoms with Crippen LogP contribution in [0, 0.1) is 0 Å². The van der Waals surface area contributed by atoms with Crippen molar-refractivity contribution in [2.45, 2.75) is 33.1 Å². The number of hydrogen-bond donors (Lipinski definition) is 2. The Morgan fingerprint density at radius 1 is 1.09 bits per heavy atom. The smallest absolute Gasteiger partial charge is 0.338 e.